The number of benzene rings is 1. The van der Waals surface area contributed by atoms with Crippen LogP contribution in [0.25, 0.3) is 0 Å². The topological polar surface area (TPSA) is 32.3 Å². The molecule has 1 aliphatic heterocycles. The Bertz CT molecular complexity index is 542. The predicted molar refractivity (Wildman–Crippen MR) is 80.2 cm³/mol. The fourth-order valence-corrected chi connectivity index (χ4v) is 2.95. The smallest absolute Gasteiger partial charge is 0.265 e. The van der Waals surface area contributed by atoms with Crippen molar-refractivity contribution in [2.45, 2.75) is 12.8 Å². The molecule has 3 nitrogen and oxygen atoms in total. The zero-order valence-electron chi connectivity index (χ0n) is 10.6. The van der Waals surface area contributed by atoms with Crippen molar-refractivity contribution in [1.29, 1.82) is 0 Å². The first-order chi connectivity index (χ1) is 9.33. The monoisotopic (exact) mass is 272 g/mol. The van der Waals surface area contributed by atoms with Gasteiger partial charge < -0.3 is 10.2 Å². The van der Waals surface area contributed by atoms with Crippen LogP contribution in [0.4, 0.5) is 11.4 Å². The molecule has 0 aliphatic carbocycles. The number of nitrogens with zero attached hydrogens (tertiary/aromatic N) is 1. The van der Waals surface area contributed by atoms with Crippen molar-refractivity contribution in [3.05, 3.63) is 46.7 Å². The highest BCUT2D eigenvalue weighted by Crippen LogP contribution is 2.22. The Labute approximate surface area is 116 Å². The summed E-state index contributed by atoms with van der Waals surface area (Å²) in [4.78, 5) is 15.0. The van der Waals surface area contributed by atoms with Crippen LogP contribution in [-0.4, -0.2) is 19.0 Å². The van der Waals surface area contributed by atoms with Gasteiger partial charge in [0.1, 0.15) is 0 Å². The van der Waals surface area contributed by atoms with Gasteiger partial charge in [-0.1, -0.05) is 6.07 Å². The van der Waals surface area contributed by atoms with Crippen LogP contribution in [0, 0.1) is 0 Å². The largest absolute Gasteiger partial charge is 0.372 e. The number of carbonyl (C=O) groups excluding carboxylic acids is 1. The molecule has 1 N–H and O–H groups in total. The Balaban J connectivity index is 1.67. The van der Waals surface area contributed by atoms with Crippen LogP contribution in [0.5, 0.6) is 0 Å². The van der Waals surface area contributed by atoms with E-state index in [1.165, 1.54) is 29.9 Å². The van der Waals surface area contributed by atoms with E-state index in [-0.39, 0.29) is 5.91 Å². The minimum Gasteiger partial charge on any atom is -0.372 e. The van der Waals surface area contributed by atoms with Crippen LogP contribution in [-0.2, 0) is 0 Å². The number of amides is 1. The second kappa shape index (κ2) is 5.45. The maximum Gasteiger partial charge on any atom is 0.265 e. The first kappa shape index (κ1) is 12.2. The lowest BCUT2D eigenvalue weighted by molar-refractivity contribution is 0.103. The molecule has 0 bridgehead atoms. The van der Waals surface area contributed by atoms with E-state index >= 15 is 0 Å². The summed E-state index contributed by atoms with van der Waals surface area (Å²) in [6, 6.07) is 11.8. The Kier molecular flexibility index (Phi) is 3.51. The third-order valence-corrected chi connectivity index (χ3v) is 4.21. The zero-order chi connectivity index (χ0) is 13.1. The summed E-state index contributed by atoms with van der Waals surface area (Å²) in [5, 5.41) is 4.82. The van der Waals surface area contributed by atoms with Crippen molar-refractivity contribution in [3.63, 3.8) is 0 Å². The third-order valence-electron chi connectivity index (χ3n) is 3.34. The highest BCUT2D eigenvalue weighted by Gasteiger charge is 2.12. The lowest BCUT2D eigenvalue weighted by Crippen LogP contribution is -2.17. The van der Waals surface area contributed by atoms with Gasteiger partial charge in [0.15, 0.2) is 0 Å². The van der Waals surface area contributed by atoms with Crippen molar-refractivity contribution in [2.24, 2.45) is 0 Å². The van der Waals surface area contributed by atoms with E-state index in [4.69, 9.17) is 0 Å². The van der Waals surface area contributed by atoms with Gasteiger partial charge in [-0.2, -0.15) is 0 Å². The van der Waals surface area contributed by atoms with Crippen LogP contribution in [0.3, 0.4) is 0 Å². The van der Waals surface area contributed by atoms with Crippen LogP contribution >= 0.6 is 11.3 Å². The number of carbonyl (C=O) groups is 1. The molecule has 2 heterocycles. The third kappa shape index (κ3) is 2.79. The normalized spacial score (nSPS) is 14.6. The van der Waals surface area contributed by atoms with Crippen LogP contribution in [0.1, 0.15) is 22.5 Å². The highest BCUT2D eigenvalue weighted by atomic mass is 32.1. The number of nitrogens with one attached hydrogen (secondary N) is 1. The van der Waals surface area contributed by atoms with E-state index in [1.54, 1.807) is 0 Å². The molecule has 1 aliphatic rings. The van der Waals surface area contributed by atoms with E-state index in [9.17, 15) is 4.79 Å². The minimum atomic E-state index is -0.0380. The number of hydrogen-bond donors (Lipinski definition) is 1. The van der Waals surface area contributed by atoms with E-state index in [0.717, 1.165) is 23.7 Å². The minimum absolute atomic E-state index is 0.0380. The molecule has 0 unspecified atom stereocenters. The van der Waals surface area contributed by atoms with Gasteiger partial charge in [0.25, 0.3) is 5.91 Å². The van der Waals surface area contributed by atoms with Gasteiger partial charge in [-0.15, -0.1) is 11.3 Å². The average Bonchev–Trinajstić information content (AvgIpc) is 3.13. The molecular weight excluding hydrogens is 256 g/mol. The lowest BCUT2D eigenvalue weighted by Gasteiger charge is -2.17. The fourth-order valence-electron chi connectivity index (χ4n) is 2.33. The quantitative estimate of drug-likeness (QED) is 0.926. The molecule has 0 saturated carbocycles. The van der Waals surface area contributed by atoms with Crippen molar-refractivity contribution >= 4 is 28.6 Å². The molecular formula is C15H16N2OS. The SMILES string of the molecule is O=C(Nc1ccc(N2CCCC2)cc1)c1cccs1. The molecule has 1 saturated heterocycles. The van der Waals surface area contributed by atoms with Crippen LogP contribution < -0.4 is 10.2 Å². The average molecular weight is 272 g/mol. The van der Waals surface area contributed by atoms with Crippen molar-refractivity contribution in [2.75, 3.05) is 23.3 Å². The maximum atomic E-state index is 11.9. The number of hydrogen-bond acceptors (Lipinski definition) is 3. The molecule has 1 fully saturated rings. The molecule has 98 valence electrons. The lowest BCUT2D eigenvalue weighted by atomic mass is 10.2. The van der Waals surface area contributed by atoms with E-state index < -0.39 is 0 Å². The van der Waals surface area contributed by atoms with E-state index in [0.29, 0.717) is 0 Å². The van der Waals surface area contributed by atoms with Gasteiger partial charge in [-0.25, -0.2) is 0 Å². The van der Waals surface area contributed by atoms with Crippen molar-refractivity contribution in [1.82, 2.24) is 0 Å². The second-order valence-corrected chi connectivity index (χ2v) is 5.62. The van der Waals surface area contributed by atoms with E-state index in [1.807, 2.05) is 29.6 Å². The zero-order valence-corrected chi connectivity index (χ0v) is 11.5. The molecule has 1 aromatic carbocycles. The molecule has 0 radical (unpaired) electrons. The summed E-state index contributed by atoms with van der Waals surface area (Å²) in [5.41, 5.74) is 2.09. The molecule has 0 atom stereocenters. The summed E-state index contributed by atoms with van der Waals surface area (Å²) in [7, 11) is 0. The summed E-state index contributed by atoms with van der Waals surface area (Å²) in [5.74, 6) is -0.0380. The van der Waals surface area contributed by atoms with Crippen molar-refractivity contribution < 1.29 is 4.79 Å². The molecule has 1 amide bonds. The van der Waals surface area contributed by atoms with Gasteiger partial charge in [0.05, 0.1) is 4.88 Å². The maximum absolute atomic E-state index is 11.9. The number of thiophene rings is 1. The number of anilines is 2. The van der Waals surface area contributed by atoms with Crippen LogP contribution in [0.15, 0.2) is 41.8 Å². The summed E-state index contributed by atoms with van der Waals surface area (Å²) >= 11 is 1.45. The van der Waals surface area contributed by atoms with Gasteiger partial charge in [-0.3, -0.25) is 4.79 Å². The first-order valence-electron chi connectivity index (χ1n) is 6.53. The number of rotatable bonds is 3. The molecule has 0 spiro atoms. The Morgan fingerprint density at radius 1 is 1.11 bits per heavy atom. The molecule has 4 heteroatoms. The summed E-state index contributed by atoms with van der Waals surface area (Å²) in [6.45, 7) is 2.28. The summed E-state index contributed by atoms with van der Waals surface area (Å²) in [6.07, 6.45) is 2.55. The fraction of sp³-hybridized carbons (Fsp3) is 0.267. The van der Waals surface area contributed by atoms with Gasteiger partial charge >= 0.3 is 0 Å². The summed E-state index contributed by atoms with van der Waals surface area (Å²) < 4.78 is 0. The Morgan fingerprint density at radius 2 is 1.84 bits per heavy atom. The molecule has 19 heavy (non-hydrogen) atoms. The highest BCUT2D eigenvalue weighted by molar-refractivity contribution is 7.12. The van der Waals surface area contributed by atoms with Gasteiger partial charge in [0, 0.05) is 24.5 Å². The standard InChI is InChI=1S/C15H16N2OS/c18-15(14-4-3-11-19-14)16-12-5-7-13(8-6-12)17-9-1-2-10-17/h3-8,11H,1-2,9-10H2,(H,16,18). The molecule has 1 aromatic heterocycles. The van der Waals surface area contributed by atoms with E-state index in [2.05, 4.69) is 22.3 Å². The van der Waals surface area contributed by atoms with Crippen molar-refractivity contribution in [3.8, 4) is 0 Å². The van der Waals surface area contributed by atoms with Crippen LogP contribution in [0.2, 0.25) is 0 Å². The Morgan fingerprint density at radius 3 is 2.47 bits per heavy atom. The van der Waals surface area contributed by atoms with Gasteiger partial charge in [-0.05, 0) is 48.6 Å². The molecule has 2 aromatic rings. The molecule has 3 rings (SSSR count). The van der Waals surface area contributed by atoms with Gasteiger partial charge in [0.2, 0.25) is 0 Å². The predicted octanol–water partition coefficient (Wildman–Crippen LogP) is 3.60. The first-order valence-corrected chi connectivity index (χ1v) is 7.41. The second-order valence-electron chi connectivity index (χ2n) is 4.67. The Hall–Kier alpha value is -1.81.